The van der Waals surface area contributed by atoms with Crippen LogP contribution in [0.5, 0.6) is 0 Å². The van der Waals surface area contributed by atoms with Crippen LogP contribution in [0, 0.1) is 5.92 Å². The fourth-order valence-corrected chi connectivity index (χ4v) is 3.95. The van der Waals surface area contributed by atoms with Crippen molar-refractivity contribution in [2.75, 3.05) is 31.1 Å². The van der Waals surface area contributed by atoms with Gasteiger partial charge < -0.3 is 15.1 Å². The summed E-state index contributed by atoms with van der Waals surface area (Å²) in [5, 5.41) is 3.95. The maximum absolute atomic E-state index is 13.2. The van der Waals surface area contributed by atoms with Gasteiger partial charge in [-0.25, -0.2) is 0 Å². The second-order valence-corrected chi connectivity index (χ2v) is 7.28. The largest absolute Gasteiger partial charge is 0.332 e. The molecule has 6 nitrogen and oxygen atoms in total. The summed E-state index contributed by atoms with van der Waals surface area (Å²) < 4.78 is 0. The SMILES string of the molecule is Cl.O=C1C(C(=O)N2CCNCC2c2cccnc2)CCN1c1ccc(Cl)cc1. The first kappa shape index (κ1) is 20.6. The van der Waals surface area contributed by atoms with Crippen molar-refractivity contribution in [2.24, 2.45) is 5.92 Å². The van der Waals surface area contributed by atoms with Gasteiger partial charge in [0.05, 0.1) is 6.04 Å². The predicted octanol–water partition coefficient (Wildman–Crippen LogP) is 2.68. The molecular weight excluding hydrogens is 399 g/mol. The lowest BCUT2D eigenvalue weighted by Gasteiger charge is -2.37. The fraction of sp³-hybridized carbons (Fsp3) is 0.350. The summed E-state index contributed by atoms with van der Waals surface area (Å²) in [6.07, 6.45) is 4.04. The summed E-state index contributed by atoms with van der Waals surface area (Å²) in [5.74, 6) is -0.851. The standard InChI is InChI=1S/C20H21ClN4O2.ClH/c21-15-3-5-16(6-4-15)24-10-7-17(19(24)26)20(27)25-11-9-23-13-18(25)14-2-1-8-22-12-14;/h1-6,8,12,17-18,23H,7,9-11,13H2;1H. The molecule has 1 aromatic carbocycles. The molecule has 0 radical (unpaired) electrons. The molecule has 2 aromatic rings. The molecule has 2 unspecified atom stereocenters. The maximum Gasteiger partial charge on any atom is 0.239 e. The van der Waals surface area contributed by atoms with Gasteiger partial charge in [0.25, 0.3) is 0 Å². The normalized spacial score (nSPS) is 22.1. The van der Waals surface area contributed by atoms with Gasteiger partial charge in [-0.15, -0.1) is 12.4 Å². The van der Waals surface area contributed by atoms with Crippen molar-refractivity contribution in [3.63, 3.8) is 0 Å². The fourth-order valence-electron chi connectivity index (χ4n) is 3.83. The zero-order valence-electron chi connectivity index (χ0n) is 15.3. The zero-order valence-corrected chi connectivity index (χ0v) is 16.8. The Balaban J connectivity index is 0.00000225. The molecule has 1 N–H and O–H groups in total. The molecule has 2 aliphatic rings. The van der Waals surface area contributed by atoms with E-state index in [9.17, 15) is 9.59 Å². The van der Waals surface area contributed by atoms with Crippen molar-refractivity contribution >= 4 is 41.5 Å². The minimum absolute atomic E-state index is 0. The Labute approximate surface area is 175 Å². The Morgan fingerprint density at radius 2 is 1.96 bits per heavy atom. The van der Waals surface area contributed by atoms with Crippen LogP contribution in [0.25, 0.3) is 0 Å². The van der Waals surface area contributed by atoms with Crippen molar-refractivity contribution in [1.29, 1.82) is 0 Å². The first-order chi connectivity index (χ1) is 13.1. The average Bonchev–Trinajstić information content (AvgIpc) is 3.10. The smallest absolute Gasteiger partial charge is 0.239 e. The molecule has 0 saturated carbocycles. The number of carbonyl (C=O) groups excluding carboxylic acids is 2. The lowest BCUT2D eigenvalue weighted by Crippen LogP contribution is -2.51. The third-order valence-corrected chi connectivity index (χ3v) is 5.49. The third kappa shape index (κ3) is 3.99. The van der Waals surface area contributed by atoms with Crippen molar-refractivity contribution in [2.45, 2.75) is 12.5 Å². The monoisotopic (exact) mass is 420 g/mol. The highest BCUT2D eigenvalue weighted by Crippen LogP contribution is 2.30. The number of halogens is 2. The molecule has 0 bridgehead atoms. The highest BCUT2D eigenvalue weighted by molar-refractivity contribution is 6.30. The maximum atomic E-state index is 13.2. The Morgan fingerprint density at radius 3 is 2.68 bits per heavy atom. The van der Waals surface area contributed by atoms with E-state index in [4.69, 9.17) is 11.6 Å². The van der Waals surface area contributed by atoms with Crippen LogP contribution in [0.3, 0.4) is 0 Å². The average molecular weight is 421 g/mol. The summed E-state index contributed by atoms with van der Waals surface area (Å²) in [6.45, 7) is 2.52. The Morgan fingerprint density at radius 1 is 1.18 bits per heavy atom. The summed E-state index contributed by atoms with van der Waals surface area (Å²) in [4.78, 5) is 33.9. The Kier molecular flexibility index (Phi) is 6.54. The van der Waals surface area contributed by atoms with Crippen molar-refractivity contribution in [3.8, 4) is 0 Å². The van der Waals surface area contributed by atoms with E-state index in [2.05, 4.69) is 10.3 Å². The zero-order chi connectivity index (χ0) is 18.8. The molecule has 2 saturated heterocycles. The lowest BCUT2D eigenvalue weighted by atomic mass is 10.0. The van der Waals surface area contributed by atoms with E-state index in [1.165, 1.54) is 0 Å². The van der Waals surface area contributed by atoms with Crippen LogP contribution < -0.4 is 10.2 Å². The number of anilines is 1. The summed E-state index contributed by atoms with van der Waals surface area (Å²) in [7, 11) is 0. The number of nitrogens with one attached hydrogen (secondary N) is 1. The van der Waals surface area contributed by atoms with Crippen molar-refractivity contribution in [3.05, 3.63) is 59.4 Å². The number of carbonyl (C=O) groups is 2. The van der Waals surface area contributed by atoms with Crippen LogP contribution in [0.2, 0.25) is 5.02 Å². The van der Waals surface area contributed by atoms with Crippen LogP contribution in [-0.4, -0.2) is 47.9 Å². The van der Waals surface area contributed by atoms with Gasteiger partial charge in [0.1, 0.15) is 5.92 Å². The van der Waals surface area contributed by atoms with Crippen molar-refractivity contribution < 1.29 is 9.59 Å². The van der Waals surface area contributed by atoms with E-state index in [0.717, 1.165) is 17.8 Å². The molecule has 4 rings (SSSR count). The third-order valence-electron chi connectivity index (χ3n) is 5.24. The van der Waals surface area contributed by atoms with Gasteiger partial charge in [0, 0.05) is 49.3 Å². The number of piperazine rings is 1. The van der Waals surface area contributed by atoms with Gasteiger partial charge >= 0.3 is 0 Å². The van der Waals surface area contributed by atoms with Gasteiger partial charge in [-0.1, -0.05) is 17.7 Å². The lowest BCUT2D eigenvalue weighted by molar-refractivity contribution is -0.142. The minimum atomic E-state index is -0.627. The second kappa shape index (κ2) is 8.90. The minimum Gasteiger partial charge on any atom is -0.332 e. The van der Waals surface area contributed by atoms with Crippen LogP contribution >= 0.6 is 24.0 Å². The number of amides is 2. The van der Waals surface area contributed by atoms with E-state index >= 15 is 0 Å². The van der Waals surface area contributed by atoms with E-state index in [-0.39, 0.29) is 30.3 Å². The molecule has 0 aliphatic carbocycles. The topological polar surface area (TPSA) is 65.5 Å². The molecule has 0 spiro atoms. The number of hydrogen-bond donors (Lipinski definition) is 1. The van der Waals surface area contributed by atoms with E-state index < -0.39 is 5.92 Å². The molecule has 8 heteroatoms. The second-order valence-electron chi connectivity index (χ2n) is 6.85. The number of pyridine rings is 1. The van der Waals surface area contributed by atoms with E-state index in [1.54, 1.807) is 29.4 Å². The number of nitrogens with zero attached hydrogens (tertiary/aromatic N) is 3. The molecule has 2 atom stereocenters. The summed E-state index contributed by atoms with van der Waals surface area (Å²) in [6, 6.07) is 10.9. The first-order valence-corrected chi connectivity index (χ1v) is 9.51. The van der Waals surface area contributed by atoms with Crippen molar-refractivity contribution in [1.82, 2.24) is 15.2 Å². The molecule has 2 fully saturated rings. The Hall–Kier alpha value is -2.15. The predicted molar refractivity (Wildman–Crippen MR) is 111 cm³/mol. The van der Waals surface area contributed by atoms with Crippen LogP contribution in [0.4, 0.5) is 5.69 Å². The van der Waals surface area contributed by atoms with Crippen LogP contribution in [0.15, 0.2) is 48.8 Å². The van der Waals surface area contributed by atoms with Crippen LogP contribution in [-0.2, 0) is 9.59 Å². The van der Waals surface area contributed by atoms with Gasteiger partial charge in [0.15, 0.2) is 0 Å². The number of hydrogen-bond acceptors (Lipinski definition) is 4. The number of benzene rings is 1. The highest BCUT2D eigenvalue weighted by atomic mass is 35.5. The van der Waals surface area contributed by atoms with Gasteiger partial charge in [0.2, 0.25) is 11.8 Å². The Bertz CT molecular complexity index is 832. The molecular formula is C20H22Cl2N4O2. The number of rotatable bonds is 3. The molecule has 1 aromatic heterocycles. The molecule has 3 heterocycles. The molecule has 2 amide bonds. The first-order valence-electron chi connectivity index (χ1n) is 9.13. The van der Waals surface area contributed by atoms with Gasteiger partial charge in [-0.05, 0) is 42.3 Å². The van der Waals surface area contributed by atoms with Gasteiger partial charge in [-0.3, -0.25) is 14.6 Å². The molecule has 2 aliphatic heterocycles. The highest BCUT2D eigenvalue weighted by Gasteiger charge is 2.42. The number of aromatic nitrogens is 1. The summed E-state index contributed by atoms with van der Waals surface area (Å²) >= 11 is 5.93. The quantitative estimate of drug-likeness (QED) is 0.775. The molecule has 28 heavy (non-hydrogen) atoms. The van der Waals surface area contributed by atoms with E-state index in [0.29, 0.717) is 31.1 Å². The van der Waals surface area contributed by atoms with E-state index in [1.807, 2.05) is 29.2 Å². The molecule has 148 valence electrons. The van der Waals surface area contributed by atoms with Crippen LogP contribution in [0.1, 0.15) is 18.0 Å². The summed E-state index contributed by atoms with van der Waals surface area (Å²) in [5.41, 5.74) is 1.77. The van der Waals surface area contributed by atoms with Gasteiger partial charge in [-0.2, -0.15) is 0 Å².